The van der Waals surface area contributed by atoms with E-state index in [4.69, 9.17) is 4.74 Å². The van der Waals surface area contributed by atoms with Crippen LogP contribution in [-0.4, -0.2) is 31.1 Å². The highest BCUT2D eigenvalue weighted by molar-refractivity contribution is 5.78. The highest BCUT2D eigenvalue weighted by Crippen LogP contribution is 2.12. The minimum Gasteiger partial charge on any atom is -0.481 e. The van der Waals surface area contributed by atoms with Gasteiger partial charge in [0, 0.05) is 30.8 Å². The van der Waals surface area contributed by atoms with Crippen LogP contribution in [0.2, 0.25) is 0 Å². The number of nitrogens with one attached hydrogen (secondary N) is 2. The van der Waals surface area contributed by atoms with Crippen LogP contribution in [0.25, 0.3) is 0 Å². The molecule has 0 bridgehead atoms. The van der Waals surface area contributed by atoms with Gasteiger partial charge in [-0.1, -0.05) is 19.9 Å². The van der Waals surface area contributed by atoms with E-state index in [1.54, 1.807) is 13.3 Å². The first-order valence-electron chi connectivity index (χ1n) is 6.15. The van der Waals surface area contributed by atoms with Crippen molar-refractivity contribution in [2.75, 3.05) is 20.2 Å². The van der Waals surface area contributed by atoms with E-state index < -0.39 is 0 Å². The number of carbonyl (C=O) groups is 1. The second-order valence-electron chi connectivity index (χ2n) is 4.10. The maximum atomic E-state index is 11.8. The van der Waals surface area contributed by atoms with Crippen LogP contribution in [-0.2, 0) is 11.3 Å². The van der Waals surface area contributed by atoms with E-state index in [9.17, 15) is 4.79 Å². The van der Waals surface area contributed by atoms with E-state index in [1.807, 2.05) is 26.0 Å². The topological polar surface area (TPSA) is 63.2 Å². The maximum Gasteiger partial charge on any atom is 0.224 e. The van der Waals surface area contributed by atoms with Crippen LogP contribution < -0.4 is 15.4 Å². The van der Waals surface area contributed by atoms with Crippen molar-refractivity contribution in [3.63, 3.8) is 0 Å². The second kappa shape index (κ2) is 7.66. The molecule has 100 valence electrons. The number of rotatable bonds is 7. The molecule has 5 heteroatoms. The van der Waals surface area contributed by atoms with Crippen molar-refractivity contribution in [1.29, 1.82) is 0 Å². The Kier molecular flexibility index (Phi) is 6.14. The Morgan fingerprint density at radius 1 is 1.56 bits per heavy atom. The van der Waals surface area contributed by atoms with E-state index in [-0.39, 0.29) is 11.8 Å². The van der Waals surface area contributed by atoms with Gasteiger partial charge >= 0.3 is 0 Å². The molecule has 0 radical (unpaired) electrons. The number of hydrogen-bond donors (Lipinski definition) is 2. The largest absolute Gasteiger partial charge is 0.481 e. The number of hydrogen-bond acceptors (Lipinski definition) is 4. The van der Waals surface area contributed by atoms with Crippen molar-refractivity contribution >= 4 is 5.91 Å². The summed E-state index contributed by atoms with van der Waals surface area (Å²) in [7, 11) is 1.57. The molecule has 0 aliphatic carbocycles. The summed E-state index contributed by atoms with van der Waals surface area (Å²) >= 11 is 0. The molecule has 1 rings (SSSR count). The minimum absolute atomic E-state index is 0.0295. The third-order valence-electron chi connectivity index (χ3n) is 2.64. The summed E-state index contributed by atoms with van der Waals surface area (Å²) in [5, 5.41) is 6.04. The Balaban J connectivity index is 2.46. The molecule has 0 fully saturated rings. The summed E-state index contributed by atoms with van der Waals surface area (Å²) in [5.74, 6) is 0.534. The van der Waals surface area contributed by atoms with Crippen LogP contribution in [0.4, 0.5) is 0 Å². The zero-order valence-corrected chi connectivity index (χ0v) is 11.2. The van der Waals surface area contributed by atoms with E-state index in [1.165, 1.54) is 0 Å². The molecule has 0 saturated heterocycles. The van der Waals surface area contributed by atoms with Crippen molar-refractivity contribution in [2.24, 2.45) is 5.92 Å². The van der Waals surface area contributed by atoms with E-state index in [0.717, 1.165) is 12.1 Å². The van der Waals surface area contributed by atoms with Gasteiger partial charge in [0.05, 0.1) is 7.11 Å². The highest BCUT2D eigenvalue weighted by atomic mass is 16.5. The SMILES string of the molecule is CCNCC(C)C(=O)NCc1cccnc1OC. The molecule has 1 heterocycles. The number of amides is 1. The predicted molar refractivity (Wildman–Crippen MR) is 70.3 cm³/mol. The third-order valence-corrected chi connectivity index (χ3v) is 2.64. The molecule has 1 aromatic rings. The second-order valence-corrected chi connectivity index (χ2v) is 4.10. The van der Waals surface area contributed by atoms with Crippen LogP contribution in [0.15, 0.2) is 18.3 Å². The molecule has 1 aromatic heterocycles. The van der Waals surface area contributed by atoms with Gasteiger partial charge in [0.2, 0.25) is 11.8 Å². The summed E-state index contributed by atoms with van der Waals surface area (Å²) in [4.78, 5) is 15.9. The van der Waals surface area contributed by atoms with Crippen molar-refractivity contribution in [2.45, 2.75) is 20.4 Å². The Morgan fingerprint density at radius 2 is 2.33 bits per heavy atom. The van der Waals surface area contributed by atoms with Gasteiger partial charge in [-0.25, -0.2) is 4.98 Å². The lowest BCUT2D eigenvalue weighted by atomic mass is 10.1. The number of ether oxygens (including phenoxy) is 1. The van der Waals surface area contributed by atoms with Crippen LogP contribution in [0.3, 0.4) is 0 Å². The van der Waals surface area contributed by atoms with Crippen LogP contribution in [0.5, 0.6) is 5.88 Å². The van der Waals surface area contributed by atoms with Gasteiger partial charge in [-0.3, -0.25) is 4.79 Å². The summed E-state index contributed by atoms with van der Waals surface area (Å²) in [6.45, 7) is 5.91. The highest BCUT2D eigenvalue weighted by Gasteiger charge is 2.12. The Labute approximate surface area is 108 Å². The molecule has 0 saturated carbocycles. The fraction of sp³-hybridized carbons (Fsp3) is 0.538. The average Bonchev–Trinajstić information content (AvgIpc) is 2.42. The zero-order valence-electron chi connectivity index (χ0n) is 11.2. The van der Waals surface area contributed by atoms with Gasteiger partial charge in [0.25, 0.3) is 0 Å². The number of carbonyl (C=O) groups excluding carboxylic acids is 1. The number of aromatic nitrogens is 1. The van der Waals surface area contributed by atoms with Crippen LogP contribution in [0, 0.1) is 5.92 Å². The first-order valence-corrected chi connectivity index (χ1v) is 6.15. The molecule has 1 amide bonds. The molecule has 1 unspecified atom stereocenters. The van der Waals surface area contributed by atoms with Crippen molar-refractivity contribution in [3.8, 4) is 5.88 Å². The monoisotopic (exact) mass is 251 g/mol. The summed E-state index contributed by atoms with van der Waals surface area (Å²) in [5.41, 5.74) is 0.879. The van der Waals surface area contributed by atoms with Crippen molar-refractivity contribution in [3.05, 3.63) is 23.9 Å². The van der Waals surface area contributed by atoms with Crippen molar-refractivity contribution < 1.29 is 9.53 Å². The normalized spacial score (nSPS) is 11.9. The number of nitrogens with zero attached hydrogens (tertiary/aromatic N) is 1. The zero-order chi connectivity index (χ0) is 13.4. The van der Waals surface area contributed by atoms with E-state index >= 15 is 0 Å². The van der Waals surface area contributed by atoms with Crippen molar-refractivity contribution in [1.82, 2.24) is 15.6 Å². The van der Waals surface area contributed by atoms with Gasteiger partial charge in [-0.05, 0) is 12.6 Å². The third kappa shape index (κ3) is 4.33. The first kappa shape index (κ1) is 14.4. The average molecular weight is 251 g/mol. The quantitative estimate of drug-likeness (QED) is 0.757. The predicted octanol–water partition coefficient (Wildman–Crippen LogP) is 0.952. The lowest BCUT2D eigenvalue weighted by Crippen LogP contribution is -2.35. The molecule has 1 atom stereocenters. The van der Waals surface area contributed by atoms with Gasteiger partial charge in [-0.2, -0.15) is 0 Å². The molecule has 0 spiro atoms. The molecule has 5 nitrogen and oxygen atoms in total. The number of methoxy groups -OCH3 is 1. The van der Waals surface area contributed by atoms with Crippen LogP contribution >= 0.6 is 0 Å². The lowest BCUT2D eigenvalue weighted by Gasteiger charge is -2.13. The lowest BCUT2D eigenvalue weighted by molar-refractivity contribution is -0.124. The maximum absolute atomic E-state index is 11.8. The van der Waals surface area contributed by atoms with E-state index in [0.29, 0.717) is 19.0 Å². The molecule has 18 heavy (non-hydrogen) atoms. The Morgan fingerprint density at radius 3 is 3.00 bits per heavy atom. The Hall–Kier alpha value is -1.62. The summed E-state index contributed by atoms with van der Waals surface area (Å²) < 4.78 is 5.13. The van der Waals surface area contributed by atoms with Gasteiger partial charge < -0.3 is 15.4 Å². The fourth-order valence-electron chi connectivity index (χ4n) is 1.55. The van der Waals surface area contributed by atoms with Gasteiger partial charge in [0.1, 0.15) is 0 Å². The molecule has 0 aliphatic rings. The number of pyridine rings is 1. The summed E-state index contributed by atoms with van der Waals surface area (Å²) in [6.07, 6.45) is 1.66. The molecular weight excluding hydrogens is 230 g/mol. The molecule has 0 aromatic carbocycles. The summed E-state index contributed by atoms with van der Waals surface area (Å²) in [6, 6.07) is 3.72. The fourth-order valence-corrected chi connectivity index (χ4v) is 1.55. The Bertz CT molecular complexity index is 382. The standard InChI is InChI=1S/C13H21N3O2/c1-4-14-8-10(2)12(17)16-9-11-6-5-7-15-13(11)18-3/h5-7,10,14H,4,8-9H2,1-3H3,(H,16,17). The molecular formula is C13H21N3O2. The smallest absolute Gasteiger partial charge is 0.224 e. The van der Waals surface area contributed by atoms with Crippen LogP contribution in [0.1, 0.15) is 19.4 Å². The first-order chi connectivity index (χ1) is 8.69. The van der Waals surface area contributed by atoms with E-state index in [2.05, 4.69) is 15.6 Å². The minimum atomic E-state index is -0.0485. The molecule has 2 N–H and O–H groups in total. The van der Waals surface area contributed by atoms with Gasteiger partial charge in [0.15, 0.2) is 0 Å². The van der Waals surface area contributed by atoms with Gasteiger partial charge in [-0.15, -0.1) is 0 Å². The molecule has 0 aliphatic heterocycles.